The molecule has 0 N–H and O–H groups in total. The molecule has 0 radical (unpaired) electrons. The summed E-state index contributed by atoms with van der Waals surface area (Å²) in [5.74, 6) is 0. The van der Waals surface area contributed by atoms with Crippen molar-refractivity contribution in [1.29, 1.82) is 5.26 Å². The molecule has 10 heavy (non-hydrogen) atoms. The molecule has 1 unspecified atom stereocenters. The molecule has 0 spiro atoms. The lowest BCUT2D eigenvalue weighted by Crippen LogP contribution is -2.22. The second kappa shape index (κ2) is 2.10. The molecule has 1 rings (SSSR count). The van der Waals surface area contributed by atoms with Crippen LogP contribution in [0.2, 0.25) is 0 Å². The van der Waals surface area contributed by atoms with E-state index in [0.717, 1.165) is 5.57 Å². The molecule has 1 atom stereocenters. The van der Waals surface area contributed by atoms with E-state index in [-0.39, 0.29) is 11.7 Å². The Morgan fingerprint density at radius 3 is 2.50 bits per heavy atom. The second-order valence-corrected chi connectivity index (χ2v) is 3.03. The predicted molar refractivity (Wildman–Crippen MR) is 38.3 cm³/mol. The molecule has 0 fully saturated rings. The Kier molecular flexibility index (Phi) is 1.53. The highest BCUT2D eigenvalue weighted by atomic mass is 16.5. The van der Waals surface area contributed by atoms with Gasteiger partial charge in [-0.15, -0.1) is 0 Å². The summed E-state index contributed by atoms with van der Waals surface area (Å²) in [6, 6.07) is 2.05. The summed E-state index contributed by atoms with van der Waals surface area (Å²) in [5, 5.41) is 8.50. The quantitative estimate of drug-likeness (QED) is 0.475. The Balaban J connectivity index is 2.80. The van der Waals surface area contributed by atoms with Crippen LogP contribution in [0.25, 0.3) is 0 Å². The van der Waals surface area contributed by atoms with E-state index in [1.54, 1.807) is 0 Å². The van der Waals surface area contributed by atoms with Gasteiger partial charge in [-0.2, -0.15) is 5.26 Å². The second-order valence-electron chi connectivity index (χ2n) is 3.03. The van der Waals surface area contributed by atoms with Gasteiger partial charge in [-0.25, -0.2) is 0 Å². The van der Waals surface area contributed by atoms with E-state index < -0.39 is 0 Å². The first-order valence-electron chi connectivity index (χ1n) is 3.32. The van der Waals surface area contributed by atoms with E-state index in [0.29, 0.717) is 0 Å². The van der Waals surface area contributed by atoms with Gasteiger partial charge in [-0.1, -0.05) is 0 Å². The van der Waals surface area contributed by atoms with Gasteiger partial charge in [0.2, 0.25) is 0 Å². The normalized spacial score (nSPS) is 29.4. The highest BCUT2D eigenvalue weighted by molar-refractivity contribution is 5.23. The van der Waals surface area contributed by atoms with Crippen LogP contribution < -0.4 is 0 Å². The standard InChI is InChI=1S/C8H11NO/c1-6-4-7(5-9)10-8(6,2)3/h4,7H,1-3H3. The summed E-state index contributed by atoms with van der Waals surface area (Å²) >= 11 is 0. The summed E-state index contributed by atoms with van der Waals surface area (Å²) in [5.41, 5.74) is 0.902. The Morgan fingerprint density at radius 1 is 1.70 bits per heavy atom. The molecule has 1 aliphatic rings. The van der Waals surface area contributed by atoms with Crippen molar-refractivity contribution in [2.45, 2.75) is 32.5 Å². The monoisotopic (exact) mass is 137 g/mol. The number of hydrogen-bond donors (Lipinski definition) is 0. The van der Waals surface area contributed by atoms with Crippen LogP contribution in [0, 0.1) is 11.3 Å². The summed E-state index contributed by atoms with van der Waals surface area (Å²) < 4.78 is 5.36. The van der Waals surface area contributed by atoms with Gasteiger partial charge in [-0.3, -0.25) is 0 Å². The molecule has 0 aromatic rings. The Bertz CT molecular complexity index is 210. The molecule has 1 heterocycles. The van der Waals surface area contributed by atoms with Crippen LogP contribution in [0.1, 0.15) is 20.8 Å². The zero-order valence-electron chi connectivity index (χ0n) is 6.51. The van der Waals surface area contributed by atoms with Gasteiger partial charge in [0.1, 0.15) is 0 Å². The highest BCUT2D eigenvalue weighted by Crippen LogP contribution is 2.28. The zero-order chi connectivity index (χ0) is 7.78. The van der Waals surface area contributed by atoms with E-state index in [9.17, 15) is 0 Å². The number of ether oxygens (including phenoxy) is 1. The average Bonchev–Trinajstić information content (AvgIpc) is 2.08. The van der Waals surface area contributed by atoms with Gasteiger partial charge in [0.25, 0.3) is 0 Å². The van der Waals surface area contributed by atoms with Crippen LogP contribution in [0.5, 0.6) is 0 Å². The molecule has 2 nitrogen and oxygen atoms in total. The Morgan fingerprint density at radius 2 is 2.30 bits per heavy atom. The zero-order valence-corrected chi connectivity index (χ0v) is 6.51. The van der Waals surface area contributed by atoms with Crippen molar-refractivity contribution in [2.24, 2.45) is 0 Å². The first-order chi connectivity index (χ1) is 4.56. The number of nitriles is 1. The molecule has 2 heteroatoms. The molecule has 0 aromatic heterocycles. The van der Waals surface area contributed by atoms with Crippen LogP contribution in [-0.2, 0) is 4.74 Å². The summed E-state index contributed by atoms with van der Waals surface area (Å²) in [4.78, 5) is 0. The van der Waals surface area contributed by atoms with Crippen LogP contribution >= 0.6 is 0 Å². The lowest BCUT2D eigenvalue weighted by atomic mass is 10.0. The fraction of sp³-hybridized carbons (Fsp3) is 0.625. The number of hydrogen-bond acceptors (Lipinski definition) is 2. The molecule has 0 saturated heterocycles. The van der Waals surface area contributed by atoms with Gasteiger partial charge in [0, 0.05) is 0 Å². The Hall–Kier alpha value is -0.810. The van der Waals surface area contributed by atoms with Gasteiger partial charge < -0.3 is 4.74 Å². The molecule has 54 valence electrons. The van der Waals surface area contributed by atoms with Crippen LogP contribution in [0.4, 0.5) is 0 Å². The molecule has 0 bridgehead atoms. The van der Waals surface area contributed by atoms with Gasteiger partial charge >= 0.3 is 0 Å². The van der Waals surface area contributed by atoms with Gasteiger partial charge in [-0.05, 0) is 32.4 Å². The molecule has 1 aliphatic heterocycles. The number of rotatable bonds is 0. The highest BCUT2D eigenvalue weighted by Gasteiger charge is 2.30. The molecular formula is C8H11NO. The maximum absolute atomic E-state index is 8.50. The molecule has 0 saturated carbocycles. The van der Waals surface area contributed by atoms with Gasteiger partial charge in [0.15, 0.2) is 6.10 Å². The average molecular weight is 137 g/mol. The third kappa shape index (κ3) is 1.05. The van der Waals surface area contributed by atoms with Gasteiger partial charge in [0.05, 0.1) is 11.7 Å². The van der Waals surface area contributed by atoms with E-state index >= 15 is 0 Å². The summed E-state index contributed by atoms with van der Waals surface area (Å²) in [6.45, 7) is 5.92. The maximum Gasteiger partial charge on any atom is 0.163 e. The summed E-state index contributed by atoms with van der Waals surface area (Å²) in [7, 11) is 0. The van der Waals surface area contributed by atoms with E-state index in [4.69, 9.17) is 10.00 Å². The van der Waals surface area contributed by atoms with E-state index in [2.05, 4.69) is 6.07 Å². The molecule has 0 amide bonds. The van der Waals surface area contributed by atoms with Crippen molar-refractivity contribution in [2.75, 3.05) is 0 Å². The third-order valence-corrected chi connectivity index (χ3v) is 1.90. The largest absolute Gasteiger partial charge is 0.349 e. The van der Waals surface area contributed by atoms with Crippen molar-refractivity contribution in [1.82, 2.24) is 0 Å². The molecule has 0 aliphatic carbocycles. The Labute approximate surface area is 61.1 Å². The first-order valence-corrected chi connectivity index (χ1v) is 3.32. The van der Waals surface area contributed by atoms with E-state index in [1.807, 2.05) is 26.8 Å². The van der Waals surface area contributed by atoms with E-state index in [1.165, 1.54) is 0 Å². The van der Waals surface area contributed by atoms with Crippen LogP contribution in [0.3, 0.4) is 0 Å². The fourth-order valence-corrected chi connectivity index (χ4v) is 0.936. The third-order valence-electron chi connectivity index (χ3n) is 1.90. The van der Waals surface area contributed by atoms with Crippen molar-refractivity contribution in [3.8, 4) is 6.07 Å². The van der Waals surface area contributed by atoms with Crippen molar-refractivity contribution < 1.29 is 4.74 Å². The van der Waals surface area contributed by atoms with Crippen molar-refractivity contribution in [3.05, 3.63) is 11.6 Å². The molecule has 0 aromatic carbocycles. The fourth-order valence-electron chi connectivity index (χ4n) is 0.936. The predicted octanol–water partition coefficient (Wildman–Crippen LogP) is 1.63. The topological polar surface area (TPSA) is 33.0 Å². The lowest BCUT2D eigenvalue weighted by Gasteiger charge is -2.19. The van der Waals surface area contributed by atoms with Crippen LogP contribution in [0.15, 0.2) is 11.6 Å². The molecular weight excluding hydrogens is 126 g/mol. The van der Waals surface area contributed by atoms with Crippen LogP contribution in [-0.4, -0.2) is 11.7 Å². The maximum atomic E-state index is 8.50. The SMILES string of the molecule is CC1=CC(C#N)OC1(C)C. The smallest absolute Gasteiger partial charge is 0.163 e. The minimum Gasteiger partial charge on any atom is -0.349 e. The first kappa shape index (κ1) is 7.30. The minimum absolute atomic E-state index is 0.236. The summed E-state index contributed by atoms with van der Waals surface area (Å²) in [6.07, 6.45) is 1.52. The van der Waals surface area contributed by atoms with Crippen molar-refractivity contribution in [3.63, 3.8) is 0 Å². The minimum atomic E-state index is -0.338. The lowest BCUT2D eigenvalue weighted by molar-refractivity contribution is 0.0202. The number of nitrogens with zero attached hydrogens (tertiary/aromatic N) is 1. The van der Waals surface area contributed by atoms with Crippen molar-refractivity contribution >= 4 is 0 Å².